The van der Waals surface area contributed by atoms with Gasteiger partial charge in [0.05, 0.1) is 26.2 Å². The van der Waals surface area contributed by atoms with Crippen LogP contribution in [0.1, 0.15) is 40.9 Å². The summed E-state index contributed by atoms with van der Waals surface area (Å²) in [5.74, 6) is 0.394. The minimum Gasteiger partial charge on any atom is -0.493 e. The Hall–Kier alpha value is -3.06. The molecular weight excluding hydrogens is 348 g/mol. The normalized spacial score (nSPS) is 13.9. The summed E-state index contributed by atoms with van der Waals surface area (Å²) in [6, 6.07) is 12.1. The van der Waals surface area contributed by atoms with Crippen LogP contribution >= 0.6 is 0 Å². The van der Waals surface area contributed by atoms with Gasteiger partial charge in [-0.05, 0) is 36.2 Å². The minimum absolute atomic E-state index is 0.0753. The summed E-state index contributed by atoms with van der Waals surface area (Å²) >= 11 is 0. The second-order valence-corrected chi connectivity index (χ2v) is 6.19. The number of fused-ring (bicyclic) bond motifs is 1. The van der Waals surface area contributed by atoms with E-state index in [0.29, 0.717) is 30.2 Å². The molecule has 0 aromatic heterocycles. The van der Waals surface area contributed by atoms with Gasteiger partial charge in [-0.1, -0.05) is 24.3 Å². The summed E-state index contributed by atoms with van der Waals surface area (Å²) in [6.45, 7) is 2.72. The van der Waals surface area contributed by atoms with Gasteiger partial charge in [0, 0.05) is 12.1 Å². The van der Waals surface area contributed by atoms with Gasteiger partial charge in [0.15, 0.2) is 11.5 Å². The molecule has 0 spiro atoms. The number of hydrogen-bond acceptors (Lipinski definition) is 5. The van der Waals surface area contributed by atoms with Crippen molar-refractivity contribution in [3.63, 3.8) is 0 Å². The van der Waals surface area contributed by atoms with Gasteiger partial charge in [-0.25, -0.2) is 5.48 Å². The molecule has 2 aromatic carbocycles. The van der Waals surface area contributed by atoms with Gasteiger partial charge in [-0.2, -0.15) is 0 Å². The first-order chi connectivity index (χ1) is 13.1. The molecule has 0 saturated heterocycles. The molecule has 1 aliphatic rings. The summed E-state index contributed by atoms with van der Waals surface area (Å²) in [5.41, 5.74) is 3.92. The van der Waals surface area contributed by atoms with Crippen molar-refractivity contribution in [3.05, 3.63) is 59.2 Å². The number of nitrogens with one attached hydrogen (secondary N) is 1. The van der Waals surface area contributed by atoms with Crippen molar-refractivity contribution in [2.75, 3.05) is 13.7 Å². The molecular formula is C20H22N2O5. The summed E-state index contributed by atoms with van der Waals surface area (Å²) in [7, 11) is 1.55. The van der Waals surface area contributed by atoms with Crippen molar-refractivity contribution in [3.8, 4) is 11.5 Å². The Morgan fingerprint density at radius 1 is 1.26 bits per heavy atom. The molecule has 0 saturated carbocycles. The Morgan fingerprint density at radius 3 is 2.70 bits per heavy atom. The van der Waals surface area contributed by atoms with Crippen molar-refractivity contribution < 1.29 is 24.3 Å². The zero-order valence-electron chi connectivity index (χ0n) is 15.3. The van der Waals surface area contributed by atoms with Crippen LogP contribution in [0, 0.1) is 0 Å². The fraction of sp³-hybridized carbons (Fsp3) is 0.300. The van der Waals surface area contributed by atoms with E-state index in [2.05, 4.69) is 0 Å². The Morgan fingerprint density at radius 2 is 2.04 bits per heavy atom. The fourth-order valence-corrected chi connectivity index (χ4v) is 3.33. The molecule has 3 rings (SSSR count). The highest BCUT2D eigenvalue weighted by atomic mass is 16.5. The summed E-state index contributed by atoms with van der Waals surface area (Å²) in [6.07, 6.45) is -0.0753. The van der Waals surface area contributed by atoms with E-state index in [1.165, 1.54) is 0 Å². The van der Waals surface area contributed by atoms with E-state index >= 15 is 0 Å². The number of carbonyl (C=O) groups excluding carboxylic acids is 2. The molecule has 0 unspecified atom stereocenters. The van der Waals surface area contributed by atoms with Crippen molar-refractivity contribution in [2.24, 2.45) is 0 Å². The van der Waals surface area contributed by atoms with Crippen LogP contribution in [-0.2, 0) is 11.3 Å². The van der Waals surface area contributed by atoms with Gasteiger partial charge in [0.1, 0.15) is 0 Å². The first-order valence-electron chi connectivity index (χ1n) is 8.71. The number of rotatable bonds is 7. The topological polar surface area (TPSA) is 88.1 Å². The third kappa shape index (κ3) is 3.73. The van der Waals surface area contributed by atoms with Crippen LogP contribution in [0.2, 0.25) is 0 Å². The Labute approximate surface area is 157 Å². The second-order valence-electron chi connectivity index (χ2n) is 6.19. The number of carbonyl (C=O) groups is 2. The number of hydrogen-bond donors (Lipinski definition) is 2. The molecule has 1 aliphatic heterocycles. The standard InChI is InChI=1S/C20H22N2O5/c1-3-27-18-10-13(8-9-17(18)26-2)16(11-19(23)21-25)22-12-14-6-4-5-7-15(14)20(22)24/h4-10,16,25H,3,11-12H2,1-2H3,(H,21,23)/t16-/m1/s1. The van der Waals surface area contributed by atoms with Crippen LogP contribution in [0.3, 0.4) is 0 Å². The quantitative estimate of drug-likeness (QED) is 0.578. The maximum atomic E-state index is 12.9. The largest absolute Gasteiger partial charge is 0.493 e. The van der Waals surface area contributed by atoms with Crippen LogP contribution in [0.4, 0.5) is 0 Å². The number of ether oxygens (including phenoxy) is 2. The number of hydroxylamine groups is 1. The molecule has 0 fully saturated rings. The molecule has 1 heterocycles. The molecule has 2 amide bonds. The highest BCUT2D eigenvalue weighted by molar-refractivity contribution is 5.98. The van der Waals surface area contributed by atoms with Crippen LogP contribution in [0.15, 0.2) is 42.5 Å². The van der Waals surface area contributed by atoms with E-state index in [-0.39, 0.29) is 12.3 Å². The Balaban J connectivity index is 1.99. The highest BCUT2D eigenvalue weighted by Gasteiger charge is 2.34. The third-order valence-corrected chi connectivity index (χ3v) is 4.60. The Bertz CT molecular complexity index is 852. The predicted octanol–water partition coefficient (Wildman–Crippen LogP) is 2.69. The van der Waals surface area contributed by atoms with Gasteiger partial charge in [-0.3, -0.25) is 14.8 Å². The average Bonchev–Trinajstić information content (AvgIpc) is 3.03. The number of benzene rings is 2. The lowest BCUT2D eigenvalue weighted by Gasteiger charge is -2.28. The number of nitrogens with zero attached hydrogens (tertiary/aromatic N) is 1. The number of amides is 2. The van der Waals surface area contributed by atoms with E-state index in [0.717, 1.165) is 11.1 Å². The van der Waals surface area contributed by atoms with E-state index in [1.54, 1.807) is 41.8 Å². The van der Waals surface area contributed by atoms with Gasteiger partial charge in [0.25, 0.3) is 5.91 Å². The zero-order valence-corrected chi connectivity index (χ0v) is 15.3. The molecule has 0 aliphatic carbocycles. The van der Waals surface area contributed by atoms with Gasteiger partial charge in [0.2, 0.25) is 5.91 Å². The molecule has 0 bridgehead atoms. The molecule has 1 atom stereocenters. The van der Waals surface area contributed by atoms with Crippen molar-refractivity contribution in [1.82, 2.24) is 10.4 Å². The van der Waals surface area contributed by atoms with Crippen LogP contribution in [0.25, 0.3) is 0 Å². The van der Waals surface area contributed by atoms with Gasteiger partial charge < -0.3 is 14.4 Å². The van der Waals surface area contributed by atoms with E-state index in [9.17, 15) is 9.59 Å². The van der Waals surface area contributed by atoms with E-state index < -0.39 is 11.9 Å². The van der Waals surface area contributed by atoms with Gasteiger partial charge in [-0.15, -0.1) is 0 Å². The fourth-order valence-electron chi connectivity index (χ4n) is 3.33. The maximum absolute atomic E-state index is 12.9. The monoisotopic (exact) mass is 370 g/mol. The summed E-state index contributed by atoms with van der Waals surface area (Å²) in [4.78, 5) is 26.4. The zero-order chi connectivity index (χ0) is 19.4. The van der Waals surface area contributed by atoms with Crippen LogP contribution in [-0.4, -0.2) is 35.6 Å². The van der Waals surface area contributed by atoms with Crippen molar-refractivity contribution in [2.45, 2.75) is 25.9 Å². The minimum atomic E-state index is -0.572. The van der Waals surface area contributed by atoms with Crippen LogP contribution < -0.4 is 15.0 Å². The molecule has 2 aromatic rings. The molecule has 2 N–H and O–H groups in total. The molecule has 142 valence electrons. The van der Waals surface area contributed by atoms with Gasteiger partial charge >= 0.3 is 0 Å². The lowest BCUT2D eigenvalue weighted by Crippen LogP contribution is -2.33. The molecule has 27 heavy (non-hydrogen) atoms. The SMILES string of the molecule is CCOc1cc([C@@H](CC(=O)NO)N2Cc3ccccc3C2=O)ccc1OC. The average molecular weight is 370 g/mol. The Kier molecular flexibility index (Phi) is 5.61. The first kappa shape index (κ1) is 18.7. The van der Waals surface area contributed by atoms with E-state index in [1.807, 2.05) is 25.1 Å². The third-order valence-electron chi connectivity index (χ3n) is 4.60. The predicted molar refractivity (Wildman–Crippen MR) is 97.8 cm³/mol. The lowest BCUT2D eigenvalue weighted by atomic mass is 10.0. The molecule has 7 heteroatoms. The molecule has 0 radical (unpaired) electrons. The van der Waals surface area contributed by atoms with Crippen molar-refractivity contribution in [1.29, 1.82) is 0 Å². The first-order valence-corrected chi connectivity index (χ1v) is 8.71. The maximum Gasteiger partial charge on any atom is 0.255 e. The second kappa shape index (κ2) is 8.09. The summed E-state index contributed by atoms with van der Waals surface area (Å²) < 4.78 is 10.9. The van der Waals surface area contributed by atoms with Crippen LogP contribution in [0.5, 0.6) is 11.5 Å². The van der Waals surface area contributed by atoms with E-state index in [4.69, 9.17) is 14.7 Å². The van der Waals surface area contributed by atoms with Crippen molar-refractivity contribution >= 4 is 11.8 Å². The summed E-state index contributed by atoms with van der Waals surface area (Å²) in [5, 5.41) is 8.99. The smallest absolute Gasteiger partial charge is 0.255 e. The number of methoxy groups -OCH3 is 1. The molecule has 7 nitrogen and oxygen atoms in total. The highest BCUT2D eigenvalue weighted by Crippen LogP contribution is 2.37. The lowest BCUT2D eigenvalue weighted by molar-refractivity contribution is -0.130.